The van der Waals surface area contributed by atoms with Crippen LogP contribution in [0, 0.1) is 5.92 Å². The van der Waals surface area contributed by atoms with Gasteiger partial charge in [0.05, 0.1) is 5.92 Å². The fraction of sp³-hybridized carbons (Fsp3) is 0.526. The zero-order valence-electron chi connectivity index (χ0n) is 14.9. The van der Waals surface area contributed by atoms with E-state index in [0.29, 0.717) is 25.0 Å². The number of anilines is 1. The lowest BCUT2D eigenvalue weighted by Crippen LogP contribution is -2.49. The number of likely N-dealkylation sites (tertiary alicyclic amines) is 1. The third kappa shape index (κ3) is 3.98. The van der Waals surface area contributed by atoms with Crippen LogP contribution in [0.4, 0.5) is 5.69 Å². The number of ether oxygens (including phenoxy) is 1. The molecule has 1 N–H and O–H groups in total. The minimum Gasteiger partial charge on any atom is -0.484 e. The molecule has 2 fully saturated rings. The summed E-state index contributed by atoms with van der Waals surface area (Å²) in [6.07, 6.45) is 2.73. The van der Waals surface area contributed by atoms with E-state index in [1.54, 1.807) is 21.9 Å². The second-order valence-electron chi connectivity index (χ2n) is 6.94. The number of hydrogen-bond acceptors (Lipinski definition) is 4. The van der Waals surface area contributed by atoms with Crippen molar-refractivity contribution in [2.24, 2.45) is 5.92 Å². The van der Waals surface area contributed by atoms with E-state index >= 15 is 0 Å². The van der Waals surface area contributed by atoms with Crippen molar-refractivity contribution in [2.75, 3.05) is 24.6 Å². The van der Waals surface area contributed by atoms with Crippen LogP contribution in [0.25, 0.3) is 0 Å². The largest absolute Gasteiger partial charge is 0.484 e. The zero-order chi connectivity index (χ0) is 18.7. The normalized spacial score (nSPS) is 23.2. The Labute approximate surface area is 152 Å². The molecule has 0 radical (unpaired) electrons. The molecule has 0 aromatic heterocycles. The molecule has 0 spiro atoms. The van der Waals surface area contributed by atoms with Gasteiger partial charge in [-0.2, -0.15) is 0 Å². The van der Waals surface area contributed by atoms with Crippen molar-refractivity contribution in [3.05, 3.63) is 24.3 Å². The smallest absolute Gasteiger partial charge is 0.308 e. The molecule has 2 saturated heterocycles. The van der Waals surface area contributed by atoms with Gasteiger partial charge in [-0.15, -0.1) is 0 Å². The Kier molecular flexibility index (Phi) is 5.44. The van der Waals surface area contributed by atoms with Gasteiger partial charge in [-0.3, -0.25) is 14.4 Å². The second kappa shape index (κ2) is 7.76. The quantitative estimate of drug-likeness (QED) is 0.867. The number of benzene rings is 1. The van der Waals surface area contributed by atoms with E-state index in [4.69, 9.17) is 9.84 Å². The molecular weight excluding hydrogens is 336 g/mol. The molecule has 2 amide bonds. The summed E-state index contributed by atoms with van der Waals surface area (Å²) < 4.78 is 5.57. The molecule has 3 rings (SSSR count). The number of carbonyl (C=O) groups is 3. The lowest BCUT2D eigenvalue weighted by Gasteiger charge is -2.36. The first kappa shape index (κ1) is 18.2. The topological polar surface area (TPSA) is 87.2 Å². The van der Waals surface area contributed by atoms with Crippen molar-refractivity contribution in [1.29, 1.82) is 0 Å². The van der Waals surface area contributed by atoms with Crippen molar-refractivity contribution < 1.29 is 24.2 Å². The monoisotopic (exact) mass is 360 g/mol. The standard InChI is InChI=1S/C19H24N2O5/c1-13-4-5-14(19(24)25)11-21(13)18(23)12-26-16-8-6-15(7-9-16)20-10-2-3-17(20)22/h6-9,13-14H,2-5,10-12H2,1H3,(H,24,25). The summed E-state index contributed by atoms with van der Waals surface area (Å²) in [6, 6.07) is 7.13. The maximum atomic E-state index is 12.4. The summed E-state index contributed by atoms with van der Waals surface area (Å²) in [4.78, 5) is 38.7. The van der Waals surface area contributed by atoms with Crippen LogP contribution in [0.15, 0.2) is 24.3 Å². The van der Waals surface area contributed by atoms with Gasteiger partial charge in [-0.1, -0.05) is 0 Å². The van der Waals surface area contributed by atoms with Crippen LogP contribution in [0.1, 0.15) is 32.6 Å². The van der Waals surface area contributed by atoms with Gasteiger partial charge in [0.1, 0.15) is 5.75 Å². The van der Waals surface area contributed by atoms with Gasteiger partial charge < -0.3 is 19.6 Å². The molecular formula is C19H24N2O5. The number of carboxylic acid groups (broad SMARTS) is 1. The van der Waals surface area contributed by atoms with E-state index in [2.05, 4.69) is 0 Å². The summed E-state index contributed by atoms with van der Waals surface area (Å²) in [6.45, 7) is 2.76. The molecule has 2 atom stereocenters. The molecule has 1 aromatic carbocycles. The number of aliphatic carboxylic acids is 1. The van der Waals surface area contributed by atoms with Gasteiger partial charge in [0, 0.05) is 31.2 Å². The van der Waals surface area contributed by atoms with Crippen LogP contribution in [0.2, 0.25) is 0 Å². The lowest BCUT2D eigenvalue weighted by molar-refractivity contribution is -0.147. The van der Waals surface area contributed by atoms with Crippen LogP contribution >= 0.6 is 0 Å². The second-order valence-corrected chi connectivity index (χ2v) is 6.94. The molecule has 26 heavy (non-hydrogen) atoms. The SMILES string of the molecule is CC1CCC(C(=O)O)CN1C(=O)COc1ccc(N2CCCC2=O)cc1. The third-order valence-corrected chi connectivity index (χ3v) is 5.14. The summed E-state index contributed by atoms with van der Waals surface area (Å²) in [7, 11) is 0. The number of carbonyl (C=O) groups excluding carboxylic acids is 2. The fourth-order valence-electron chi connectivity index (χ4n) is 3.53. The van der Waals surface area contributed by atoms with E-state index in [9.17, 15) is 14.4 Å². The van der Waals surface area contributed by atoms with Crippen LogP contribution < -0.4 is 9.64 Å². The molecule has 7 nitrogen and oxygen atoms in total. The van der Waals surface area contributed by atoms with Gasteiger partial charge in [-0.05, 0) is 50.5 Å². The van der Waals surface area contributed by atoms with Gasteiger partial charge in [0.2, 0.25) is 5.91 Å². The van der Waals surface area contributed by atoms with Crippen molar-refractivity contribution in [1.82, 2.24) is 4.90 Å². The Bertz CT molecular complexity index is 688. The first-order chi connectivity index (χ1) is 12.5. The third-order valence-electron chi connectivity index (χ3n) is 5.14. The van der Waals surface area contributed by atoms with E-state index in [0.717, 1.165) is 18.7 Å². The van der Waals surface area contributed by atoms with Gasteiger partial charge in [0.15, 0.2) is 6.61 Å². The van der Waals surface area contributed by atoms with Crippen LogP contribution in [-0.4, -0.2) is 53.5 Å². The van der Waals surface area contributed by atoms with Gasteiger partial charge in [-0.25, -0.2) is 0 Å². The van der Waals surface area contributed by atoms with Crippen LogP contribution in [0.5, 0.6) is 5.75 Å². The zero-order valence-corrected chi connectivity index (χ0v) is 14.9. The maximum Gasteiger partial charge on any atom is 0.308 e. The number of rotatable bonds is 5. The highest BCUT2D eigenvalue weighted by atomic mass is 16.5. The van der Waals surface area contributed by atoms with E-state index < -0.39 is 11.9 Å². The molecule has 0 saturated carbocycles. The van der Waals surface area contributed by atoms with E-state index in [-0.39, 0.29) is 31.0 Å². The Morgan fingerprint density at radius 1 is 1.23 bits per heavy atom. The summed E-state index contributed by atoms with van der Waals surface area (Å²) in [5.41, 5.74) is 0.833. The number of carboxylic acids is 1. The Morgan fingerprint density at radius 2 is 1.96 bits per heavy atom. The number of nitrogens with zero attached hydrogens (tertiary/aromatic N) is 2. The molecule has 2 unspecified atom stereocenters. The van der Waals surface area contributed by atoms with Gasteiger partial charge >= 0.3 is 5.97 Å². The molecule has 0 aliphatic carbocycles. The molecule has 2 heterocycles. The van der Waals surface area contributed by atoms with Crippen molar-refractivity contribution in [3.8, 4) is 5.75 Å². The van der Waals surface area contributed by atoms with Gasteiger partial charge in [0.25, 0.3) is 5.91 Å². The Morgan fingerprint density at radius 3 is 2.58 bits per heavy atom. The fourth-order valence-corrected chi connectivity index (χ4v) is 3.53. The summed E-state index contributed by atoms with van der Waals surface area (Å²) >= 11 is 0. The molecule has 7 heteroatoms. The average Bonchev–Trinajstić information content (AvgIpc) is 3.06. The Hall–Kier alpha value is -2.57. The average molecular weight is 360 g/mol. The molecule has 2 aliphatic rings. The minimum absolute atomic E-state index is 0.0188. The highest BCUT2D eigenvalue weighted by Gasteiger charge is 2.32. The molecule has 2 aliphatic heterocycles. The summed E-state index contributed by atoms with van der Waals surface area (Å²) in [5, 5.41) is 9.17. The predicted octanol–water partition coefficient (Wildman–Crippen LogP) is 1.90. The number of hydrogen-bond donors (Lipinski definition) is 1. The maximum absolute atomic E-state index is 12.4. The predicted molar refractivity (Wildman–Crippen MR) is 95.1 cm³/mol. The first-order valence-corrected chi connectivity index (χ1v) is 9.01. The van der Waals surface area contributed by atoms with E-state index in [1.165, 1.54) is 0 Å². The molecule has 1 aromatic rings. The lowest BCUT2D eigenvalue weighted by atomic mass is 9.93. The Balaban J connectivity index is 1.55. The van der Waals surface area contributed by atoms with Crippen molar-refractivity contribution in [2.45, 2.75) is 38.6 Å². The van der Waals surface area contributed by atoms with Crippen LogP contribution in [-0.2, 0) is 14.4 Å². The first-order valence-electron chi connectivity index (χ1n) is 9.01. The van der Waals surface area contributed by atoms with Crippen LogP contribution in [0.3, 0.4) is 0 Å². The van der Waals surface area contributed by atoms with E-state index in [1.807, 2.05) is 19.1 Å². The van der Waals surface area contributed by atoms with Crippen molar-refractivity contribution in [3.63, 3.8) is 0 Å². The highest BCUT2D eigenvalue weighted by Crippen LogP contribution is 2.25. The highest BCUT2D eigenvalue weighted by molar-refractivity contribution is 5.95. The molecule has 0 bridgehead atoms. The number of amides is 2. The van der Waals surface area contributed by atoms with Crippen molar-refractivity contribution >= 4 is 23.5 Å². The minimum atomic E-state index is -0.859. The number of piperidine rings is 1. The molecule has 140 valence electrons. The summed E-state index contributed by atoms with van der Waals surface area (Å²) in [5.74, 6) is -0.897.